The van der Waals surface area contributed by atoms with E-state index in [1.54, 1.807) is 6.07 Å². The monoisotopic (exact) mass is 231 g/mol. The third-order valence-electron chi connectivity index (χ3n) is 2.98. The molecule has 17 heavy (non-hydrogen) atoms. The van der Waals surface area contributed by atoms with E-state index in [4.69, 9.17) is 0 Å². The number of fused-ring (bicyclic) bond motifs is 1. The molecule has 1 nitrogen and oxygen atoms in total. The minimum Gasteiger partial charge on any atom is -0.313 e. The average molecular weight is 231 g/mol. The van der Waals surface area contributed by atoms with Crippen molar-refractivity contribution in [1.29, 1.82) is 0 Å². The van der Waals surface area contributed by atoms with Crippen LogP contribution < -0.4 is 5.32 Å². The molecule has 0 atom stereocenters. The van der Waals surface area contributed by atoms with Gasteiger partial charge in [0, 0.05) is 11.9 Å². The fraction of sp³-hybridized carbons (Fsp3) is 0.333. The number of benzene rings is 2. The molecule has 2 aromatic carbocycles. The topological polar surface area (TPSA) is 12.0 Å². The number of hydrogen-bond acceptors (Lipinski definition) is 1. The molecule has 90 valence electrons. The zero-order valence-corrected chi connectivity index (χ0v) is 10.2. The first-order valence-corrected chi connectivity index (χ1v) is 6.19. The van der Waals surface area contributed by atoms with Crippen molar-refractivity contribution in [2.45, 2.75) is 26.3 Å². The molecular formula is C15H18FN. The van der Waals surface area contributed by atoms with Gasteiger partial charge in [0.05, 0.1) is 0 Å². The lowest BCUT2D eigenvalue weighted by molar-refractivity contribution is 0.632. The second-order valence-electron chi connectivity index (χ2n) is 4.28. The van der Waals surface area contributed by atoms with Crippen molar-refractivity contribution in [1.82, 2.24) is 5.32 Å². The Balaban J connectivity index is 2.20. The number of halogens is 1. The molecule has 0 amide bonds. The Kier molecular flexibility index (Phi) is 4.10. The molecule has 0 unspecified atom stereocenters. The summed E-state index contributed by atoms with van der Waals surface area (Å²) >= 11 is 0. The van der Waals surface area contributed by atoms with Crippen LogP contribution in [0.3, 0.4) is 0 Å². The molecule has 2 aromatic rings. The Morgan fingerprint density at radius 3 is 2.59 bits per heavy atom. The van der Waals surface area contributed by atoms with Gasteiger partial charge in [0.25, 0.3) is 0 Å². The van der Waals surface area contributed by atoms with Crippen molar-refractivity contribution < 1.29 is 4.39 Å². The van der Waals surface area contributed by atoms with E-state index in [0.29, 0.717) is 5.39 Å². The van der Waals surface area contributed by atoms with E-state index in [0.717, 1.165) is 24.0 Å². The largest absolute Gasteiger partial charge is 0.313 e. The van der Waals surface area contributed by atoms with Gasteiger partial charge >= 0.3 is 0 Å². The molecule has 2 rings (SSSR count). The van der Waals surface area contributed by atoms with Crippen LogP contribution in [0.5, 0.6) is 0 Å². The second kappa shape index (κ2) is 5.78. The summed E-state index contributed by atoms with van der Waals surface area (Å²) in [6.45, 7) is 4.00. The van der Waals surface area contributed by atoms with Gasteiger partial charge in [-0.2, -0.15) is 0 Å². The molecule has 1 N–H and O–H groups in total. The van der Waals surface area contributed by atoms with Crippen LogP contribution in [-0.4, -0.2) is 6.54 Å². The summed E-state index contributed by atoms with van der Waals surface area (Å²) in [5.74, 6) is -0.141. The molecule has 0 heterocycles. The molecular weight excluding hydrogens is 213 g/mol. The minimum atomic E-state index is -0.141. The van der Waals surface area contributed by atoms with Crippen molar-refractivity contribution in [3.8, 4) is 0 Å². The average Bonchev–Trinajstić information content (AvgIpc) is 2.37. The molecule has 0 aromatic heterocycles. The fourth-order valence-electron chi connectivity index (χ4n) is 2.00. The van der Waals surface area contributed by atoms with Gasteiger partial charge in [-0.1, -0.05) is 43.7 Å². The zero-order chi connectivity index (χ0) is 12.1. The van der Waals surface area contributed by atoms with Gasteiger partial charge in [-0.05, 0) is 30.0 Å². The maximum atomic E-state index is 13.6. The van der Waals surface area contributed by atoms with Gasteiger partial charge in [-0.15, -0.1) is 0 Å². The molecule has 0 radical (unpaired) electrons. The van der Waals surface area contributed by atoms with Crippen molar-refractivity contribution in [2.24, 2.45) is 0 Å². The lowest BCUT2D eigenvalue weighted by Crippen LogP contribution is -2.14. The van der Waals surface area contributed by atoms with E-state index >= 15 is 0 Å². The predicted octanol–water partition coefficient (Wildman–Crippen LogP) is 3.87. The van der Waals surface area contributed by atoms with Crippen LogP contribution in [0.4, 0.5) is 4.39 Å². The van der Waals surface area contributed by atoms with Gasteiger partial charge in [-0.25, -0.2) is 4.39 Å². The van der Waals surface area contributed by atoms with E-state index in [1.165, 1.54) is 12.8 Å². The summed E-state index contributed by atoms with van der Waals surface area (Å²) in [4.78, 5) is 0. The van der Waals surface area contributed by atoms with Crippen molar-refractivity contribution in [2.75, 3.05) is 6.54 Å². The normalized spacial score (nSPS) is 10.9. The maximum Gasteiger partial charge on any atom is 0.131 e. The summed E-state index contributed by atoms with van der Waals surface area (Å²) in [6.07, 6.45) is 2.37. The van der Waals surface area contributed by atoms with Gasteiger partial charge in [-0.3, -0.25) is 0 Å². The van der Waals surface area contributed by atoms with Crippen molar-refractivity contribution >= 4 is 10.8 Å². The first-order chi connectivity index (χ1) is 8.33. The van der Waals surface area contributed by atoms with Crippen LogP contribution in [0.15, 0.2) is 36.4 Å². The molecule has 0 saturated heterocycles. The van der Waals surface area contributed by atoms with Crippen LogP contribution in [0.1, 0.15) is 25.3 Å². The Morgan fingerprint density at radius 1 is 1.06 bits per heavy atom. The standard InChI is InChI=1S/C15H18FN/c1-2-3-10-17-11-12-8-9-15(16)14-7-5-4-6-13(12)14/h4-9,17H,2-3,10-11H2,1H3. The third-order valence-corrected chi connectivity index (χ3v) is 2.98. The van der Waals surface area contributed by atoms with Crippen molar-refractivity contribution in [3.05, 3.63) is 47.8 Å². The van der Waals surface area contributed by atoms with Gasteiger partial charge < -0.3 is 5.32 Å². The predicted molar refractivity (Wildman–Crippen MR) is 70.5 cm³/mol. The lowest BCUT2D eigenvalue weighted by Gasteiger charge is -2.08. The van der Waals surface area contributed by atoms with Crippen LogP contribution in [0.2, 0.25) is 0 Å². The smallest absolute Gasteiger partial charge is 0.131 e. The number of unbranched alkanes of at least 4 members (excludes halogenated alkanes) is 1. The Morgan fingerprint density at radius 2 is 1.82 bits per heavy atom. The summed E-state index contributed by atoms with van der Waals surface area (Å²) in [6, 6.07) is 11.1. The molecule has 0 aliphatic heterocycles. The maximum absolute atomic E-state index is 13.6. The Hall–Kier alpha value is -1.41. The van der Waals surface area contributed by atoms with Crippen LogP contribution in [0.25, 0.3) is 10.8 Å². The fourth-order valence-corrected chi connectivity index (χ4v) is 2.00. The van der Waals surface area contributed by atoms with Crippen LogP contribution in [0, 0.1) is 5.82 Å². The third kappa shape index (κ3) is 2.83. The van der Waals surface area contributed by atoms with E-state index < -0.39 is 0 Å². The minimum absolute atomic E-state index is 0.141. The molecule has 0 saturated carbocycles. The summed E-state index contributed by atoms with van der Waals surface area (Å²) in [5.41, 5.74) is 1.16. The summed E-state index contributed by atoms with van der Waals surface area (Å²) < 4.78 is 13.6. The van der Waals surface area contributed by atoms with E-state index in [-0.39, 0.29) is 5.82 Å². The SMILES string of the molecule is CCCCNCc1ccc(F)c2ccccc12. The highest BCUT2D eigenvalue weighted by atomic mass is 19.1. The van der Waals surface area contributed by atoms with E-state index in [9.17, 15) is 4.39 Å². The van der Waals surface area contributed by atoms with Crippen LogP contribution in [-0.2, 0) is 6.54 Å². The molecule has 2 heteroatoms. The van der Waals surface area contributed by atoms with Gasteiger partial charge in [0.1, 0.15) is 5.82 Å². The quantitative estimate of drug-likeness (QED) is 0.770. The Labute approximate surface area is 102 Å². The molecule has 0 bridgehead atoms. The molecule has 0 spiro atoms. The molecule has 0 fully saturated rings. The lowest BCUT2D eigenvalue weighted by atomic mass is 10.0. The number of nitrogens with one attached hydrogen (secondary N) is 1. The van der Waals surface area contributed by atoms with Crippen molar-refractivity contribution in [3.63, 3.8) is 0 Å². The summed E-state index contributed by atoms with van der Waals surface area (Å²) in [7, 11) is 0. The second-order valence-corrected chi connectivity index (χ2v) is 4.28. The highest BCUT2D eigenvalue weighted by molar-refractivity contribution is 5.86. The Bertz CT molecular complexity index is 493. The number of hydrogen-bond donors (Lipinski definition) is 1. The summed E-state index contributed by atoms with van der Waals surface area (Å²) in [5, 5.41) is 5.11. The zero-order valence-electron chi connectivity index (χ0n) is 10.2. The van der Waals surface area contributed by atoms with Gasteiger partial charge in [0.2, 0.25) is 0 Å². The van der Waals surface area contributed by atoms with E-state index in [1.807, 2.05) is 30.3 Å². The first-order valence-electron chi connectivity index (χ1n) is 6.19. The molecule has 0 aliphatic rings. The first kappa shape index (κ1) is 12.1. The highest BCUT2D eigenvalue weighted by Crippen LogP contribution is 2.21. The van der Waals surface area contributed by atoms with Crippen LogP contribution >= 0.6 is 0 Å². The molecule has 0 aliphatic carbocycles. The number of rotatable bonds is 5. The van der Waals surface area contributed by atoms with E-state index in [2.05, 4.69) is 12.2 Å². The highest BCUT2D eigenvalue weighted by Gasteiger charge is 2.04. The van der Waals surface area contributed by atoms with Gasteiger partial charge in [0.15, 0.2) is 0 Å².